The number of benzene rings is 1. The van der Waals surface area contributed by atoms with Crippen LogP contribution in [0.2, 0.25) is 0 Å². The highest BCUT2D eigenvalue weighted by Crippen LogP contribution is 2.28. The molecule has 0 amide bonds. The van der Waals surface area contributed by atoms with Crippen LogP contribution in [0.25, 0.3) is 0 Å². The number of likely N-dealkylation sites (N-methyl/N-ethyl adjacent to an activating group) is 1. The van der Waals surface area contributed by atoms with Crippen molar-refractivity contribution in [3.8, 4) is 5.75 Å². The van der Waals surface area contributed by atoms with Crippen molar-refractivity contribution in [1.82, 2.24) is 4.90 Å². The minimum absolute atomic E-state index is 0.0717. The molecule has 0 fully saturated rings. The average molecular weight is 304 g/mol. The van der Waals surface area contributed by atoms with E-state index in [0.717, 1.165) is 6.54 Å². The predicted octanol–water partition coefficient (Wildman–Crippen LogP) is 3.56. The molecule has 0 aliphatic rings. The van der Waals surface area contributed by atoms with Crippen molar-refractivity contribution < 1.29 is 17.9 Å². The minimum atomic E-state index is -4.69. The van der Waals surface area contributed by atoms with Crippen molar-refractivity contribution in [1.29, 1.82) is 0 Å². The molecule has 0 radical (unpaired) electrons. The summed E-state index contributed by atoms with van der Waals surface area (Å²) in [5.41, 5.74) is 6.58. The van der Waals surface area contributed by atoms with Crippen LogP contribution in [-0.4, -0.2) is 31.4 Å². The van der Waals surface area contributed by atoms with E-state index >= 15 is 0 Å². The largest absolute Gasteiger partial charge is 0.573 e. The number of nitrogens with two attached hydrogens (primary N) is 1. The Labute approximate surface area is 123 Å². The fourth-order valence-electron chi connectivity index (χ4n) is 2.35. The van der Waals surface area contributed by atoms with Gasteiger partial charge in [-0.2, -0.15) is 0 Å². The molecule has 0 bridgehead atoms. The lowest BCUT2D eigenvalue weighted by atomic mass is 9.94. The smallest absolute Gasteiger partial charge is 0.406 e. The number of hydrogen-bond donors (Lipinski definition) is 1. The van der Waals surface area contributed by atoms with Gasteiger partial charge in [-0.15, -0.1) is 13.2 Å². The molecule has 0 aromatic heterocycles. The van der Waals surface area contributed by atoms with Crippen molar-refractivity contribution in [2.75, 3.05) is 20.1 Å². The third-order valence-electron chi connectivity index (χ3n) is 2.96. The van der Waals surface area contributed by atoms with Crippen molar-refractivity contribution in [2.45, 2.75) is 33.2 Å². The number of hydrogen-bond acceptors (Lipinski definition) is 3. The average Bonchev–Trinajstić information content (AvgIpc) is 2.25. The maximum atomic E-state index is 12.3. The fourth-order valence-corrected chi connectivity index (χ4v) is 2.35. The second-order valence-electron chi connectivity index (χ2n) is 6.35. The summed E-state index contributed by atoms with van der Waals surface area (Å²) in [6.45, 7) is 7.39. The summed E-state index contributed by atoms with van der Waals surface area (Å²) >= 11 is 0. The molecule has 120 valence electrons. The van der Waals surface area contributed by atoms with E-state index in [1.54, 1.807) is 12.1 Å². The van der Waals surface area contributed by atoms with Crippen LogP contribution >= 0.6 is 0 Å². The van der Waals surface area contributed by atoms with E-state index in [2.05, 4.69) is 25.5 Å². The standard InChI is InChI=1S/C15H23F3N2O/c1-14(2,3)10-20(4)13(9-19)11-6-5-7-12(8-11)21-15(16,17)18/h5-8,13H,9-10,19H2,1-4H3. The second-order valence-corrected chi connectivity index (χ2v) is 6.35. The molecule has 0 saturated carbocycles. The summed E-state index contributed by atoms with van der Waals surface area (Å²) in [7, 11) is 1.92. The molecule has 21 heavy (non-hydrogen) atoms. The number of ether oxygens (including phenoxy) is 1. The van der Waals surface area contributed by atoms with Gasteiger partial charge in [0, 0.05) is 19.1 Å². The summed E-state index contributed by atoms with van der Waals surface area (Å²) < 4.78 is 40.8. The Bertz CT molecular complexity index is 455. The highest BCUT2D eigenvalue weighted by Gasteiger charge is 2.31. The third-order valence-corrected chi connectivity index (χ3v) is 2.96. The van der Waals surface area contributed by atoms with Crippen LogP contribution in [0.1, 0.15) is 32.4 Å². The molecule has 1 rings (SSSR count). The Morgan fingerprint density at radius 3 is 2.33 bits per heavy atom. The van der Waals surface area contributed by atoms with Gasteiger partial charge in [0.15, 0.2) is 0 Å². The van der Waals surface area contributed by atoms with Gasteiger partial charge >= 0.3 is 6.36 Å². The van der Waals surface area contributed by atoms with Crippen LogP contribution in [0, 0.1) is 5.41 Å². The molecule has 1 unspecified atom stereocenters. The maximum absolute atomic E-state index is 12.3. The highest BCUT2D eigenvalue weighted by molar-refractivity contribution is 5.31. The van der Waals surface area contributed by atoms with Crippen LogP contribution in [0.3, 0.4) is 0 Å². The van der Waals surface area contributed by atoms with Crippen LogP contribution in [-0.2, 0) is 0 Å². The lowest BCUT2D eigenvalue weighted by Gasteiger charge is -2.33. The van der Waals surface area contributed by atoms with Gasteiger partial charge in [-0.25, -0.2) is 0 Å². The Balaban J connectivity index is 2.93. The quantitative estimate of drug-likeness (QED) is 0.904. The van der Waals surface area contributed by atoms with Crippen molar-refractivity contribution in [3.05, 3.63) is 29.8 Å². The van der Waals surface area contributed by atoms with Crippen LogP contribution < -0.4 is 10.5 Å². The van der Waals surface area contributed by atoms with E-state index in [4.69, 9.17) is 5.73 Å². The van der Waals surface area contributed by atoms with Gasteiger partial charge in [0.05, 0.1) is 0 Å². The first-order valence-corrected chi connectivity index (χ1v) is 6.78. The van der Waals surface area contributed by atoms with Gasteiger partial charge < -0.3 is 10.5 Å². The summed E-state index contributed by atoms with van der Waals surface area (Å²) in [5.74, 6) is -0.220. The van der Waals surface area contributed by atoms with Crippen molar-refractivity contribution in [3.63, 3.8) is 0 Å². The minimum Gasteiger partial charge on any atom is -0.406 e. The van der Waals surface area contributed by atoms with E-state index in [-0.39, 0.29) is 17.2 Å². The lowest BCUT2D eigenvalue weighted by Crippen LogP contribution is -2.36. The Kier molecular flexibility index (Phi) is 5.64. The molecule has 3 nitrogen and oxygen atoms in total. The lowest BCUT2D eigenvalue weighted by molar-refractivity contribution is -0.274. The van der Waals surface area contributed by atoms with Gasteiger partial charge in [-0.1, -0.05) is 32.9 Å². The zero-order chi connectivity index (χ0) is 16.3. The molecule has 1 aromatic carbocycles. The zero-order valence-corrected chi connectivity index (χ0v) is 12.9. The zero-order valence-electron chi connectivity index (χ0n) is 12.9. The summed E-state index contributed by atoms with van der Waals surface area (Å²) in [5, 5.41) is 0. The summed E-state index contributed by atoms with van der Waals surface area (Å²) in [4.78, 5) is 2.05. The predicted molar refractivity (Wildman–Crippen MR) is 77.0 cm³/mol. The fraction of sp³-hybridized carbons (Fsp3) is 0.600. The molecule has 0 aliphatic carbocycles. The van der Waals surface area contributed by atoms with Gasteiger partial charge in [-0.3, -0.25) is 4.90 Å². The van der Waals surface area contributed by atoms with E-state index in [1.807, 2.05) is 11.9 Å². The van der Waals surface area contributed by atoms with Gasteiger partial charge in [-0.05, 0) is 30.2 Å². The topological polar surface area (TPSA) is 38.5 Å². The maximum Gasteiger partial charge on any atom is 0.573 e. The molecule has 1 atom stereocenters. The molecule has 6 heteroatoms. The van der Waals surface area contributed by atoms with Crippen LogP contribution in [0.5, 0.6) is 5.75 Å². The summed E-state index contributed by atoms with van der Waals surface area (Å²) in [6.07, 6.45) is -4.69. The van der Waals surface area contributed by atoms with Crippen molar-refractivity contribution in [2.24, 2.45) is 11.1 Å². The van der Waals surface area contributed by atoms with E-state index < -0.39 is 6.36 Å². The number of rotatable bonds is 5. The normalized spacial score (nSPS) is 14.3. The first kappa shape index (κ1) is 17.8. The number of alkyl halides is 3. The Hall–Kier alpha value is -1.27. The Morgan fingerprint density at radius 2 is 1.86 bits per heavy atom. The number of nitrogens with zero attached hydrogens (tertiary/aromatic N) is 1. The SMILES string of the molecule is CN(CC(C)(C)C)C(CN)c1cccc(OC(F)(F)F)c1. The first-order valence-electron chi connectivity index (χ1n) is 6.78. The molecular weight excluding hydrogens is 281 g/mol. The van der Waals surface area contributed by atoms with E-state index in [1.165, 1.54) is 12.1 Å². The number of halogens is 3. The first-order chi connectivity index (χ1) is 9.52. The van der Waals surface area contributed by atoms with Gasteiger partial charge in [0.25, 0.3) is 0 Å². The summed E-state index contributed by atoms with van der Waals surface area (Å²) in [6, 6.07) is 5.84. The second kappa shape index (κ2) is 6.66. The highest BCUT2D eigenvalue weighted by atomic mass is 19.4. The molecule has 0 heterocycles. The van der Waals surface area contributed by atoms with E-state index in [0.29, 0.717) is 12.1 Å². The van der Waals surface area contributed by atoms with Crippen molar-refractivity contribution >= 4 is 0 Å². The monoisotopic (exact) mass is 304 g/mol. The van der Waals surface area contributed by atoms with Crippen LogP contribution in [0.4, 0.5) is 13.2 Å². The van der Waals surface area contributed by atoms with Gasteiger partial charge in [0.2, 0.25) is 0 Å². The molecule has 2 N–H and O–H groups in total. The van der Waals surface area contributed by atoms with E-state index in [9.17, 15) is 13.2 Å². The molecule has 0 spiro atoms. The molecule has 0 saturated heterocycles. The third kappa shape index (κ3) is 6.35. The molecular formula is C15H23F3N2O. The molecule has 1 aromatic rings. The van der Waals surface area contributed by atoms with Gasteiger partial charge in [0.1, 0.15) is 5.75 Å². The van der Waals surface area contributed by atoms with Crippen LogP contribution in [0.15, 0.2) is 24.3 Å². The Morgan fingerprint density at radius 1 is 1.24 bits per heavy atom. The molecule has 0 aliphatic heterocycles.